The second-order valence-electron chi connectivity index (χ2n) is 5.09. The molecule has 1 aliphatic rings. The van der Waals surface area contributed by atoms with Gasteiger partial charge in [0.1, 0.15) is 11.4 Å². The van der Waals surface area contributed by atoms with Crippen LogP contribution in [0, 0.1) is 0 Å². The Balaban J connectivity index is 2.19. The van der Waals surface area contributed by atoms with Crippen molar-refractivity contribution in [1.82, 2.24) is 0 Å². The zero-order valence-corrected chi connectivity index (χ0v) is 11.0. The van der Waals surface area contributed by atoms with Crippen LogP contribution in [0.3, 0.4) is 0 Å². The second kappa shape index (κ2) is 4.84. The lowest BCUT2D eigenvalue weighted by atomic mass is 9.93. The number of hydrogen-bond acceptors (Lipinski definition) is 3. The molecular formula is C15H18O3. The fourth-order valence-electron chi connectivity index (χ4n) is 2.01. The maximum atomic E-state index is 11.0. The number of esters is 1. The van der Waals surface area contributed by atoms with Crippen molar-refractivity contribution in [3.8, 4) is 5.75 Å². The van der Waals surface area contributed by atoms with Crippen LogP contribution >= 0.6 is 0 Å². The smallest absolute Gasteiger partial charge is 0.330 e. The van der Waals surface area contributed by atoms with Gasteiger partial charge in [-0.2, -0.15) is 0 Å². The molecule has 0 amide bonds. The maximum Gasteiger partial charge on any atom is 0.330 e. The molecule has 1 aromatic carbocycles. The minimum atomic E-state index is -0.342. The van der Waals surface area contributed by atoms with Gasteiger partial charge >= 0.3 is 5.97 Å². The van der Waals surface area contributed by atoms with Crippen molar-refractivity contribution in [2.75, 3.05) is 7.11 Å². The van der Waals surface area contributed by atoms with Crippen molar-refractivity contribution < 1.29 is 14.3 Å². The fraction of sp³-hybridized carbons (Fsp3) is 0.400. The van der Waals surface area contributed by atoms with Gasteiger partial charge in [0.25, 0.3) is 0 Å². The summed E-state index contributed by atoms with van der Waals surface area (Å²) in [5.74, 6) is 0.603. The van der Waals surface area contributed by atoms with Gasteiger partial charge in [-0.1, -0.05) is 6.07 Å². The first kappa shape index (κ1) is 12.7. The molecule has 2 rings (SSSR count). The lowest BCUT2D eigenvalue weighted by molar-refractivity contribution is -0.134. The molecule has 18 heavy (non-hydrogen) atoms. The Morgan fingerprint density at radius 2 is 2.22 bits per heavy atom. The van der Waals surface area contributed by atoms with Crippen molar-refractivity contribution in [1.29, 1.82) is 0 Å². The Kier molecular flexibility index (Phi) is 3.41. The van der Waals surface area contributed by atoms with Crippen LogP contribution in [-0.4, -0.2) is 18.7 Å². The van der Waals surface area contributed by atoms with E-state index in [2.05, 4.69) is 24.7 Å². The first-order chi connectivity index (χ1) is 8.50. The SMILES string of the molecule is COC(=O)/C=C/c1ccc2c(c1)CCC(C)(C)O2. The summed E-state index contributed by atoms with van der Waals surface area (Å²) in [7, 11) is 1.37. The number of carbonyl (C=O) groups is 1. The number of rotatable bonds is 2. The largest absolute Gasteiger partial charge is 0.488 e. The average molecular weight is 246 g/mol. The highest BCUT2D eigenvalue weighted by Gasteiger charge is 2.26. The van der Waals surface area contributed by atoms with Gasteiger partial charge in [0.15, 0.2) is 0 Å². The van der Waals surface area contributed by atoms with Crippen LogP contribution in [-0.2, 0) is 16.0 Å². The van der Waals surface area contributed by atoms with E-state index < -0.39 is 0 Å². The van der Waals surface area contributed by atoms with Gasteiger partial charge in [-0.3, -0.25) is 0 Å². The molecule has 1 heterocycles. The van der Waals surface area contributed by atoms with Gasteiger partial charge in [-0.05, 0) is 56.0 Å². The molecule has 96 valence electrons. The van der Waals surface area contributed by atoms with Gasteiger partial charge < -0.3 is 9.47 Å². The Morgan fingerprint density at radius 3 is 2.94 bits per heavy atom. The van der Waals surface area contributed by atoms with E-state index in [0.29, 0.717) is 0 Å². The highest BCUT2D eigenvalue weighted by Crippen LogP contribution is 2.33. The molecule has 0 bridgehead atoms. The average Bonchev–Trinajstić information content (AvgIpc) is 2.35. The van der Waals surface area contributed by atoms with Crippen molar-refractivity contribution in [3.05, 3.63) is 35.4 Å². The summed E-state index contributed by atoms with van der Waals surface area (Å²) in [5.41, 5.74) is 2.10. The van der Waals surface area contributed by atoms with Crippen LogP contribution in [0.4, 0.5) is 0 Å². The van der Waals surface area contributed by atoms with Crippen LogP contribution in [0.15, 0.2) is 24.3 Å². The van der Waals surface area contributed by atoms with Crippen molar-refractivity contribution in [3.63, 3.8) is 0 Å². The number of aryl methyl sites for hydroxylation is 1. The van der Waals surface area contributed by atoms with E-state index in [1.165, 1.54) is 18.7 Å². The zero-order valence-electron chi connectivity index (χ0n) is 11.0. The molecule has 0 atom stereocenters. The molecule has 1 aliphatic heterocycles. The molecule has 3 heteroatoms. The monoisotopic (exact) mass is 246 g/mol. The Morgan fingerprint density at radius 1 is 1.44 bits per heavy atom. The molecule has 0 aliphatic carbocycles. The highest BCUT2D eigenvalue weighted by molar-refractivity contribution is 5.87. The Bertz CT molecular complexity index is 487. The summed E-state index contributed by atoms with van der Waals surface area (Å²) in [6.45, 7) is 4.20. The molecule has 1 aromatic rings. The molecule has 0 N–H and O–H groups in total. The van der Waals surface area contributed by atoms with E-state index in [0.717, 1.165) is 24.2 Å². The molecule has 0 saturated carbocycles. The number of hydrogen-bond donors (Lipinski definition) is 0. The van der Waals surface area contributed by atoms with Crippen LogP contribution < -0.4 is 4.74 Å². The van der Waals surface area contributed by atoms with E-state index in [1.54, 1.807) is 6.08 Å². The predicted octanol–water partition coefficient (Wildman–Crippen LogP) is 2.98. The van der Waals surface area contributed by atoms with E-state index in [-0.39, 0.29) is 11.6 Å². The molecule has 0 unspecified atom stereocenters. The fourth-order valence-corrected chi connectivity index (χ4v) is 2.01. The van der Waals surface area contributed by atoms with E-state index >= 15 is 0 Å². The van der Waals surface area contributed by atoms with Gasteiger partial charge in [-0.15, -0.1) is 0 Å². The molecule has 0 radical (unpaired) electrons. The normalized spacial score (nSPS) is 17.1. The van der Waals surface area contributed by atoms with Crippen LogP contribution in [0.5, 0.6) is 5.75 Å². The number of benzene rings is 1. The number of methoxy groups -OCH3 is 1. The Labute approximate surface area is 107 Å². The lowest BCUT2D eigenvalue weighted by Crippen LogP contribution is -2.32. The van der Waals surface area contributed by atoms with Gasteiger partial charge in [0, 0.05) is 6.08 Å². The standard InChI is InChI=1S/C15H18O3/c1-15(2)9-8-12-10-11(4-6-13(12)18-15)5-7-14(16)17-3/h4-7,10H,8-9H2,1-3H3/b7-5+. The zero-order chi connectivity index (χ0) is 13.2. The van der Waals surface area contributed by atoms with E-state index in [9.17, 15) is 4.79 Å². The molecule has 0 fully saturated rings. The summed E-state index contributed by atoms with van der Waals surface area (Å²) >= 11 is 0. The molecule has 0 saturated heterocycles. The molecule has 0 aromatic heterocycles. The van der Waals surface area contributed by atoms with Crippen molar-refractivity contribution in [2.45, 2.75) is 32.3 Å². The predicted molar refractivity (Wildman–Crippen MR) is 70.5 cm³/mol. The summed E-state index contributed by atoms with van der Waals surface area (Å²) < 4.78 is 10.5. The first-order valence-electron chi connectivity index (χ1n) is 6.08. The van der Waals surface area contributed by atoms with Crippen molar-refractivity contribution in [2.24, 2.45) is 0 Å². The number of ether oxygens (including phenoxy) is 2. The Hall–Kier alpha value is -1.77. The third-order valence-electron chi connectivity index (χ3n) is 3.08. The molecule has 3 nitrogen and oxygen atoms in total. The second-order valence-corrected chi connectivity index (χ2v) is 5.09. The van der Waals surface area contributed by atoms with Crippen molar-refractivity contribution >= 4 is 12.0 Å². The summed E-state index contributed by atoms with van der Waals surface area (Å²) in [4.78, 5) is 11.0. The minimum Gasteiger partial charge on any atom is -0.488 e. The quantitative estimate of drug-likeness (QED) is 0.594. The summed E-state index contributed by atoms with van der Waals surface area (Å²) in [6, 6.07) is 5.97. The summed E-state index contributed by atoms with van der Waals surface area (Å²) in [5, 5.41) is 0. The van der Waals surface area contributed by atoms with E-state index in [4.69, 9.17) is 4.74 Å². The lowest BCUT2D eigenvalue weighted by Gasteiger charge is -2.32. The van der Waals surface area contributed by atoms with Crippen LogP contribution in [0.1, 0.15) is 31.4 Å². The van der Waals surface area contributed by atoms with Gasteiger partial charge in [0.2, 0.25) is 0 Å². The molecule has 0 spiro atoms. The first-order valence-corrected chi connectivity index (χ1v) is 6.08. The van der Waals surface area contributed by atoms with Gasteiger partial charge in [-0.25, -0.2) is 4.79 Å². The topological polar surface area (TPSA) is 35.5 Å². The number of fused-ring (bicyclic) bond motifs is 1. The third kappa shape index (κ3) is 2.92. The van der Waals surface area contributed by atoms with Crippen LogP contribution in [0.25, 0.3) is 6.08 Å². The van der Waals surface area contributed by atoms with Crippen LogP contribution in [0.2, 0.25) is 0 Å². The summed E-state index contributed by atoms with van der Waals surface area (Å²) in [6.07, 6.45) is 5.19. The maximum absolute atomic E-state index is 11.0. The molecular weight excluding hydrogens is 228 g/mol. The highest BCUT2D eigenvalue weighted by atomic mass is 16.5. The number of carbonyl (C=O) groups excluding carboxylic acids is 1. The van der Waals surface area contributed by atoms with Gasteiger partial charge in [0.05, 0.1) is 7.11 Å². The third-order valence-corrected chi connectivity index (χ3v) is 3.08. The van der Waals surface area contributed by atoms with E-state index in [1.807, 2.05) is 12.1 Å². The minimum absolute atomic E-state index is 0.0869.